The number of allylic oxidation sites excluding steroid dienone is 2. The zero-order valence-corrected chi connectivity index (χ0v) is 8.10. The van der Waals surface area contributed by atoms with Gasteiger partial charge in [0.15, 0.2) is 0 Å². The first-order chi connectivity index (χ1) is 4.45. The van der Waals surface area contributed by atoms with Crippen molar-refractivity contribution < 1.29 is 4.39 Å². The minimum Gasteiger partial charge on any atom is -0.251 e. The third kappa shape index (κ3) is 6.22. The number of hydrogen-bond acceptors (Lipinski definition) is 0. The van der Waals surface area contributed by atoms with Crippen LogP contribution in [0.15, 0.2) is 11.4 Å². The van der Waals surface area contributed by atoms with Crippen molar-refractivity contribution in [2.24, 2.45) is 5.41 Å². The topological polar surface area (TPSA) is 0 Å². The summed E-state index contributed by atoms with van der Waals surface area (Å²) in [6.07, 6.45) is 2.62. The van der Waals surface area contributed by atoms with E-state index in [0.29, 0.717) is 6.42 Å². The Morgan fingerprint density at radius 3 is 2.30 bits per heavy atom. The zero-order chi connectivity index (χ0) is 8.20. The summed E-state index contributed by atoms with van der Waals surface area (Å²) in [4.78, 5) is 0. The standard InChI is InChI=1S/C8H16FP/c1-8(2,3)6-7(10)4-5-9/h6H,4-5,10H2,1-3H3/b7-6+. The summed E-state index contributed by atoms with van der Waals surface area (Å²) in [6.45, 7) is 6.06. The van der Waals surface area contributed by atoms with Gasteiger partial charge in [-0.2, -0.15) is 0 Å². The van der Waals surface area contributed by atoms with Gasteiger partial charge in [0.25, 0.3) is 0 Å². The van der Waals surface area contributed by atoms with Crippen LogP contribution in [-0.4, -0.2) is 6.67 Å². The Balaban J connectivity index is 3.90. The van der Waals surface area contributed by atoms with Gasteiger partial charge in [-0.25, -0.2) is 0 Å². The average Bonchev–Trinajstić information content (AvgIpc) is 1.59. The first-order valence-corrected chi connectivity index (χ1v) is 4.06. The zero-order valence-electron chi connectivity index (χ0n) is 6.95. The molecule has 0 aromatic heterocycles. The lowest BCUT2D eigenvalue weighted by Crippen LogP contribution is -1.99. The molecule has 0 aliphatic carbocycles. The molecule has 0 bridgehead atoms. The van der Waals surface area contributed by atoms with Crippen LogP contribution >= 0.6 is 9.24 Å². The van der Waals surface area contributed by atoms with Crippen molar-refractivity contribution in [3.63, 3.8) is 0 Å². The minimum absolute atomic E-state index is 0.173. The smallest absolute Gasteiger partial charge is 0.0934 e. The van der Waals surface area contributed by atoms with Crippen LogP contribution in [0.4, 0.5) is 4.39 Å². The molecule has 0 saturated heterocycles. The second kappa shape index (κ2) is 4.08. The highest BCUT2D eigenvalue weighted by Gasteiger charge is 2.05. The summed E-state index contributed by atoms with van der Waals surface area (Å²) in [5.74, 6) is 0. The van der Waals surface area contributed by atoms with Crippen molar-refractivity contribution in [2.75, 3.05) is 6.67 Å². The monoisotopic (exact) mass is 162 g/mol. The second-order valence-electron chi connectivity index (χ2n) is 3.52. The Labute approximate surface area is 65.1 Å². The van der Waals surface area contributed by atoms with Crippen molar-refractivity contribution in [1.82, 2.24) is 0 Å². The number of hydrogen-bond donors (Lipinski definition) is 0. The highest BCUT2D eigenvalue weighted by atomic mass is 31.0. The molecular formula is C8H16FP. The second-order valence-corrected chi connectivity index (χ2v) is 4.27. The Kier molecular flexibility index (Phi) is 4.12. The molecule has 0 heterocycles. The molecule has 0 N–H and O–H groups in total. The van der Waals surface area contributed by atoms with E-state index in [9.17, 15) is 4.39 Å². The molecule has 0 aromatic rings. The molecular weight excluding hydrogens is 146 g/mol. The van der Waals surface area contributed by atoms with Gasteiger partial charge in [0.2, 0.25) is 0 Å². The van der Waals surface area contributed by atoms with Crippen LogP contribution in [0.1, 0.15) is 27.2 Å². The highest BCUT2D eigenvalue weighted by Crippen LogP contribution is 2.22. The van der Waals surface area contributed by atoms with Gasteiger partial charge < -0.3 is 0 Å². The van der Waals surface area contributed by atoms with Gasteiger partial charge in [0, 0.05) is 6.42 Å². The van der Waals surface area contributed by atoms with E-state index in [1.807, 2.05) is 0 Å². The summed E-state index contributed by atoms with van der Waals surface area (Å²) in [7, 11) is 2.56. The maximum atomic E-state index is 11.8. The van der Waals surface area contributed by atoms with Crippen LogP contribution in [0, 0.1) is 5.41 Å². The van der Waals surface area contributed by atoms with Crippen molar-refractivity contribution in [1.29, 1.82) is 0 Å². The van der Waals surface area contributed by atoms with E-state index in [1.165, 1.54) is 0 Å². The van der Waals surface area contributed by atoms with Gasteiger partial charge in [-0.1, -0.05) is 32.2 Å². The van der Waals surface area contributed by atoms with Gasteiger partial charge >= 0.3 is 0 Å². The van der Waals surface area contributed by atoms with Crippen LogP contribution in [0.5, 0.6) is 0 Å². The molecule has 0 spiro atoms. The van der Waals surface area contributed by atoms with Gasteiger partial charge in [0.1, 0.15) is 0 Å². The lowest BCUT2D eigenvalue weighted by molar-refractivity contribution is 0.492. The molecule has 0 radical (unpaired) electrons. The van der Waals surface area contributed by atoms with E-state index >= 15 is 0 Å². The van der Waals surface area contributed by atoms with Crippen LogP contribution in [0.25, 0.3) is 0 Å². The van der Waals surface area contributed by atoms with Crippen molar-refractivity contribution in [3.05, 3.63) is 11.4 Å². The fraction of sp³-hybridized carbons (Fsp3) is 0.750. The molecule has 2 heteroatoms. The predicted molar refractivity (Wildman–Crippen MR) is 47.8 cm³/mol. The molecule has 0 fully saturated rings. The number of halogens is 1. The summed E-state index contributed by atoms with van der Waals surface area (Å²) in [5, 5.41) is 1.06. The van der Waals surface area contributed by atoms with E-state index in [2.05, 4.69) is 36.1 Å². The quantitative estimate of drug-likeness (QED) is 0.547. The number of rotatable bonds is 2. The maximum Gasteiger partial charge on any atom is 0.0934 e. The summed E-state index contributed by atoms with van der Waals surface area (Å²) < 4.78 is 11.8. The summed E-state index contributed by atoms with van der Waals surface area (Å²) >= 11 is 0. The van der Waals surface area contributed by atoms with E-state index in [4.69, 9.17) is 0 Å². The molecule has 0 aliphatic heterocycles. The molecule has 0 rings (SSSR count). The van der Waals surface area contributed by atoms with Crippen molar-refractivity contribution >= 4 is 9.24 Å². The Morgan fingerprint density at radius 1 is 1.50 bits per heavy atom. The molecule has 0 nitrogen and oxygen atoms in total. The summed E-state index contributed by atoms with van der Waals surface area (Å²) in [5.41, 5.74) is 0.173. The van der Waals surface area contributed by atoms with Gasteiger partial charge in [0.05, 0.1) is 6.67 Å². The molecule has 60 valence electrons. The predicted octanol–water partition coefficient (Wildman–Crippen LogP) is 3.15. The molecule has 0 aromatic carbocycles. The molecule has 0 aliphatic rings. The summed E-state index contributed by atoms with van der Waals surface area (Å²) in [6, 6.07) is 0. The first-order valence-electron chi connectivity index (χ1n) is 3.49. The Bertz CT molecular complexity index is 122. The Morgan fingerprint density at radius 2 is 2.00 bits per heavy atom. The Hall–Kier alpha value is 0.100. The number of alkyl halides is 1. The van der Waals surface area contributed by atoms with Gasteiger partial charge in [-0.05, 0) is 5.41 Å². The van der Waals surface area contributed by atoms with Crippen LogP contribution in [-0.2, 0) is 0 Å². The van der Waals surface area contributed by atoms with Crippen LogP contribution in [0.3, 0.4) is 0 Å². The van der Waals surface area contributed by atoms with E-state index in [1.54, 1.807) is 0 Å². The average molecular weight is 162 g/mol. The molecule has 1 atom stereocenters. The molecule has 1 unspecified atom stereocenters. The third-order valence-corrected chi connectivity index (χ3v) is 1.46. The molecule has 0 saturated carbocycles. The molecule has 0 amide bonds. The minimum atomic E-state index is -0.259. The van der Waals surface area contributed by atoms with Gasteiger partial charge in [-0.15, -0.1) is 9.24 Å². The highest BCUT2D eigenvalue weighted by molar-refractivity contribution is 7.22. The van der Waals surface area contributed by atoms with E-state index in [-0.39, 0.29) is 12.1 Å². The normalized spacial score (nSPS) is 13.9. The largest absolute Gasteiger partial charge is 0.251 e. The van der Waals surface area contributed by atoms with E-state index < -0.39 is 0 Å². The van der Waals surface area contributed by atoms with E-state index in [0.717, 1.165) is 5.31 Å². The van der Waals surface area contributed by atoms with Crippen molar-refractivity contribution in [3.8, 4) is 0 Å². The van der Waals surface area contributed by atoms with Gasteiger partial charge in [-0.3, -0.25) is 4.39 Å². The fourth-order valence-electron chi connectivity index (χ4n) is 0.737. The SMILES string of the molecule is CC(C)(C)/C=C(/P)CCF. The molecule has 10 heavy (non-hydrogen) atoms. The lowest BCUT2D eigenvalue weighted by atomic mass is 9.96. The third-order valence-electron chi connectivity index (χ3n) is 1.00. The maximum absolute atomic E-state index is 11.8. The first kappa shape index (κ1) is 10.1. The van der Waals surface area contributed by atoms with Crippen molar-refractivity contribution in [2.45, 2.75) is 27.2 Å². The van der Waals surface area contributed by atoms with Crippen LogP contribution < -0.4 is 0 Å². The lowest BCUT2D eigenvalue weighted by Gasteiger charge is -2.13. The van der Waals surface area contributed by atoms with Crippen LogP contribution in [0.2, 0.25) is 0 Å². The fourth-order valence-corrected chi connectivity index (χ4v) is 1.35.